The van der Waals surface area contributed by atoms with E-state index in [9.17, 15) is 0 Å². The van der Waals surface area contributed by atoms with Gasteiger partial charge in [-0.1, -0.05) is 19.1 Å². The normalized spacial score (nSPS) is 17.9. The molecule has 27 heavy (non-hydrogen) atoms. The van der Waals surface area contributed by atoms with Crippen molar-refractivity contribution < 1.29 is 9.47 Å². The Morgan fingerprint density at radius 1 is 1.26 bits per heavy atom. The van der Waals surface area contributed by atoms with Crippen molar-refractivity contribution in [3.63, 3.8) is 0 Å². The SMILES string of the molecule is CCNC(=NCc1cccc(OCCCOC)c1)NCC1CCCN1CC. The number of likely N-dealkylation sites (tertiary alicyclic amines) is 1. The lowest BCUT2D eigenvalue weighted by Crippen LogP contribution is -2.44. The molecule has 0 aliphatic carbocycles. The second-order valence-electron chi connectivity index (χ2n) is 6.84. The van der Waals surface area contributed by atoms with Crippen LogP contribution in [-0.4, -0.2) is 63.4 Å². The molecule has 2 N–H and O–H groups in total. The molecular formula is C21H36N4O2. The summed E-state index contributed by atoms with van der Waals surface area (Å²) >= 11 is 0. The molecule has 1 aliphatic rings. The maximum atomic E-state index is 5.78. The van der Waals surface area contributed by atoms with Crippen LogP contribution in [0.3, 0.4) is 0 Å². The first-order valence-corrected chi connectivity index (χ1v) is 10.2. The summed E-state index contributed by atoms with van der Waals surface area (Å²) in [5.74, 6) is 1.77. The van der Waals surface area contributed by atoms with Crippen molar-refractivity contribution in [3.8, 4) is 5.75 Å². The van der Waals surface area contributed by atoms with E-state index in [1.807, 2.05) is 12.1 Å². The maximum absolute atomic E-state index is 5.78. The lowest BCUT2D eigenvalue weighted by molar-refractivity contribution is 0.172. The highest BCUT2D eigenvalue weighted by molar-refractivity contribution is 5.79. The fourth-order valence-electron chi connectivity index (χ4n) is 3.40. The van der Waals surface area contributed by atoms with Crippen LogP contribution in [0.15, 0.2) is 29.3 Å². The molecule has 1 fully saturated rings. The van der Waals surface area contributed by atoms with Crippen molar-refractivity contribution in [2.45, 2.75) is 45.7 Å². The van der Waals surface area contributed by atoms with Crippen molar-refractivity contribution in [2.24, 2.45) is 4.99 Å². The number of ether oxygens (including phenoxy) is 2. The molecule has 0 saturated carbocycles. The third-order valence-corrected chi connectivity index (χ3v) is 4.83. The van der Waals surface area contributed by atoms with E-state index in [1.54, 1.807) is 7.11 Å². The van der Waals surface area contributed by atoms with E-state index in [0.717, 1.165) is 49.9 Å². The molecule has 6 heteroatoms. The number of benzene rings is 1. The first kappa shape index (κ1) is 21.5. The number of likely N-dealkylation sites (N-methyl/N-ethyl adjacent to an activating group) is 1. The van der Waals surface area contributed by atoms with Crippen LogP contribution >= 0.6 is 0 Å². The van der Waals surface area contributed by atoms with E-state index in [0.29, 0.717) is 19.2 Å². The van der Waals surface area contributed by atoms with Crippen molar-refractivity contribution in [1.82, 2.24) is 15.5 Å². The van der Waals surface area contributed by atoms with Gasteiger partial charge in [0.1, 0.15) is 5.75 Å². The van der Waals surface area contributed by atoms with Gasteiger partial charge < -0.3 is 20.1 Å². The second kappa shape index (κ2) is 12.6. The van der Waals surface area contributed by atoms with Crippen molar-refractivity contribution >= 4 is 5.96 Å². The summed E-state index contributed by atoms with van der Waals surface area (Å²) in [6.07, 6.45) is 3.46. The Bertz CT molecular complexity index is 565. The van der Waals surface area contributed by atoms with Gasteiger partial charge in [0, 0.05) is 39.3 Å². The van der Waals surface area contributed by atoms with E-state index in [4.69, 9.17) is 14.5 Å². The molecule has 0 radical (unpaired) electrons. The average Bonchev–Trinajstić information content (AvgIpc) is 3.15. The van der Waals surface area contributed by atoms with Crippen LogP contribution in [0.25, 0.3) is 0 Å². The number of hydrogen-bond acceptors (Lipinski definition) is 4. The number of rotatable bonds is 11. The molecule has 0 bridgehead atoms. The predicted octanol–water partition coefficient (Wildman–Crippen LogP) is 2.64. The first-order valence-electron chi connectivity index (χ1n) is 10.2. The van der Waals surface area contributed by atoms with E-state index in [2.05, 4.69) is 41.5 Å². The van der Waals surface area contributed by atoms with E-state index in [-0.39, 0.29) is 0 Å². The number of nitrogens with zero attached hydrogens (tertiary/aromatic N) is 2. The summed E-state index contributed by atoms with van der Waals surface area (Å²) in [5.41, 5.74) is 1.15. The Balaban J connectivity index is 1.86. The lowest BCUT2D eigenvalue weighted by atomic mass is 10.2. The van der Waals surface area contributed by atoms with Crippen molar-refractivity contribution in [1.29, 1.82) is 0 Å². The molecule has 2 rings (SSSR count). The monoisotopic (exact) mass is 376 g/mol. The number of methoxy groups -OCH3 is 1. The summed E-state index contributed by atoms with van der Waals surface area (Å²) in [4.78, 5) is 7.29. The molecule has 0 aromatic heterocycles. The molecule has 0 amide bonds. The summed E-state index contributed by atoms with van der Waals surface area (Å²) < 4.78 is 10.8. The van der Waals surface area contributed by atoms with Crippen LogP contribution in [0, 0.1) is 0 Å². The van der Waals surface area contributed by atoms with Crippen LogP contribution in [-0.2, 0) is 11.3 Å². The molecule has 1 heterocycles. The minimum Gasteiger partial charge on any atom is -0.493 e. The lowest BCUT2D eigenvalue weighted by Gasteiger charge is -2.24. The quantitative estimate of drug-likeness (QED) is 0.353. The molecule has 0 spiro atoms. The van der Waals surface area contributed by atoms with Gasteiger partial charge in [-0.25, -0.2) is 4.99 Å². The van der Waals surface area contributed by atoms with Gasteiger partial charge in [0.05, 0.1) is 13.2 Å². The van der Waals surface area contributed by atoms with Crippen LogP contribution < -0.4 is 15.4 Å². The largest absolute Gasteiger partial charge is 0.493 e. The minimum absolute atomic E-state index is 0.614. The Morgan fingerprint density at radius 2 is 2.15 bits per heavy atom. The highest BCUT2D eigenvalue weighted by Crippen LogP contribution is 2.16. The number of aliphatic imine (C=N–C) groups is 1. The van der Waals surface area contributed by atoms with Gasteiger partial charge in [0.25, 0.3) is 0 Å². The zero-order chi connectivity index (χ0) is 19.3. The van der Waals surface area contributed by atoms with Gasteiger partial charge in [0.2, 0.25) is 0 Å². The molecule has 1 unspecified atom stereocenters. The molecule has 1 aromatic carbocycles. The van der Waals surface area contributed by atoms with Gasteiger partial charge in [0.15, 0.2) is 5.96 Å². The Kier molecular flexibility index (Phi) is 10.0. The molecule has 152 valence electrons. The van der Waals surface area contributed by atoms with Crippen LogP contribution in [0.5, 0.6) is 5.75 Å². The number of hydrogen-bond donors (Lipinski definition) is 2. The van der Waals surface area contributed by atoms with Crippen LogP contribution in [0.4, 0.5) is 0 Å². The summed E-state index contributed by atoms with van der Waals surface area (Å²) in [6, 6.07) is 8.78. The third kappa shape index (κ3) is 7.77. The van der Waals surface area contributed by atoms with Crippen molar-refractivity contribution in [2.75, 3.05) is 46.5 Å². The van der Waals surface area contributed by atoms with E-state index >= 15 is 0 Å². The van der Waals surface area contributed by atoms with Gasteiger partial charge >= 0.3 is 0 Å². The summed E-state index contributed by atoms with van der Waals surface area (Å²) in [5, 5.41) is 6.86. The Labute approximate surface area is 164 Å². The minimum atomic E-state index is 0.614. The van der Waals surface area contributed by atoms with Crippen LogP contribution in [0.2, 0.25) is 0 Å². The van der Waals surface area contributed by atoms with Gasteiger partial charge in [-0.2, -0.15) is 0 Å². The second-order valence-corrected chi connectivity index (χ2v) is 6.84. The molecule has 6 nitrogen and oxygen atoms in total. The highest BCUT2D eigenvalue weighted by Gasteiger charge is 2.22. The number of guanidine groups is 1. The fourth-order valence-corrected chi connectivity index (χ4v) is 3.40. The molecule has 1 aliphatic heterocycles. The topological polar surface area (TPSA) is 58.1 Å². The first-order chi connectivity index (χ1) is 13.3. The van der Waals surface area contributed by atoms with Gasteiger partial charge in [-0.3, -0.25) is 4.90 Å². The fraction of sp³-hybridized carbons (Fsp3) is 0.667. The standard InChI is InChI=1S/C21H36N4O2/c1-4-22-21(24-17-19-10-7-12-25(19)5-2)23-16-18-9-6-11-20(15-18)27-14-8-13-26-3/h6,9,11,15,19H,4-5,7-8,10,12-14,16-17H2,1-3H3,(H2,22,23,24). The maximum Gasteiger partial charge on any atom is 0.191 e. The Morgan fingerprint density at radius 3 is 2.93 bits per heavy atom. The Hall–Kier alpha value is -1.79. The van der Waals surface area contributed by atoms with Gasteiger partial charge in [-0.15, -0.1) is 0 Å². The van der Waals surface area contributed by atoms with Gasteiger partial charge in [-0.05, 0) is 50.6 Å². The predicted molar refractivity (Wildman–Crippen MR) is 112 cm³/mol. The average molecular weight is 377 g/mol. The zero-order valence-corrected chi connectivity index (χ0v) is 17.2. The highest BCUT2D eigenvalue weighted by atomic mass is 16.5. The molecule has 1 saturated heterocycles. The number of nitrogens with one attached hydrogen (secondary N) is 2. The molecule has 1 aromatic rings. The smallest absolute Gasteiger partial charge is 0.191 e. The third-order valence-electron chi connectivity index (χ3n) is 4.83. The van der Waals surface area contributed by atoms with Crippen molar-refractivity contribution in [3.05, 3.63) is 29.8 Å². The summed E-state index contributed by atoms with van der Waals surface area (Å²) in [7, 11) is 1.71. The van der Waals surface area contributed by atoms with E-state index < -0.39 is 0 Å². The van der Waals surface area contributed by atoms with E-state index in [1.165, 1.54) is 19.4 Å². The summed E-state index contributed by atoms with van der Waals surface area (Å²) in [6.45, 7) is 10.5. The molecular weight excluding hydrogens is 340 g/mol. The molecule has 1 atom stereocenters. The zero-order valence-electron chi connectivity index (χ0n) is 17.2. The van der Waals surface area contributed by atoms with Crippen LogP contribution in [0.1, 0.15) is 38.7 Å².